The molecule has 0 aliphatic carbocycles. The SMILES string of the molecule is N.NCCCCCCCCCCCCCCCCCC(=O)O. The van der Waals surface area contributed by atoms with Crippen molar-refractivity contribution in [2.75, 3.05) is 6.54 Å². The van der Waals surface area contributed by atoms with Gasteiger partial charge < -0.3 is 17.0 Å². The van der Waals surface area contributed by atoms with Gasteiger partial charge in [0.1, 0.15) is 0 Å². The minimum atomic E-state index is -0.658. The van der Waals surface area contributed by atoms with Crippen molar-refractivity contribution >= 4 is 5.97 Å². The van der Waals surface area contributed by atoms with Crippen molar-refractivity contribution < 1.29 is 9.90 Å². The lowest BCUT2D eigenvalue weighted by molar-refractivity contribution is -0.137. The molecule has 0 aliphatic rings. The molecule has 0 radical (unpaired) electrons. The van der Waals surface area contributed by atoms with Gasteiger partial charge in [-0.2, -0.15) is 0 Å². The number of nitrogens with two attached hydrogens (primary N) is 1. The maximum Gasteiger partial charge on any atom is 0.303 e. The Hall–Kier alpha value is -0.610. The van der Waals surface area contributed by atoms with Crippen LogP contribution in [0.4, 0.5) is 0 Å². The number of hydrogen-bond donors (Lipinski definition) is 3. The monoisotopic (exact) mass is 316 g/mol. The molecule has 4 nitrogen and oxygen atoms in total. The molecule has 0 atom stereocenters. The lowest BCUT2D eigenvalue weighted by Gasteiger charge is -2.03. The Kier molecular flexibility index (Phi) is 21.9. The largest absolute Gasteiger partial charge is 0.481 e. The molecule has 0 aromatic rings. The summed E-state index contributed by atoms with van der Waals surface area (Å²) in [6.07, 6.45) is 19.6. The fourth-order valence-corrected chi connectivity index (χ4v) is 2.72. The standard InChI is InChI=1S/C18H37NO2.H3N/c19-17-15-13-11-9-7-5-3-1-2-4-6-8-10-12-14-16-18(20)21;/h1-17,19H2,(H,20,21);1H3. The summed E-state index contributed by atoms with van der Waals surface area (Å²) >= 11 is 0. The highest BCUT2D eigenvalue weighted by molar-refractivity contribution is 5.66. The number of carbonyl (C=O) groups is 1. The minimum absolute atomic E-state index is 0. The van der Waals surface area contributed by atoms with Gasteiger partial charge in [-0.05, 0) is 19.4 Å². The molecule has 0 fully saturated rings. The zero-order valence-corrected chi connectivity index (χ0v) is 14.7. The first-order chi connectivity index (χ1) is 10.3. The predicted octanol–water partition coefficient (Wildman–Crippen LogP) is 5.43. The van der Waals surface area contributed by atoms with Crippen LogP contribution in [0.15, 0.2) is 0 Å². The molecule has 4 heteroatoms. The van der Waals surface area contributed by atoms with Gasteiger partial charge in [-0.3, -0.25) is 4.79 Å². The van der Waals surface area contributed by atoms with Gasteiger partial charge >= 0.3 is 5.97 Å². The van der Waals surface area contributed by atoms with Crippen LogP contribution >= 0.6 is 0 Å². The van der Waals surface area contributed by atoms with Gasteiger partial charge in [0.05, 0.1) is 0 Å². The van der Waals surface area contributed by atoms with Crippen LogP contribution in [-0.2, 0) is 4.79 Å². The van der Waals surface area contributed by atoms with Crippen LogP contribution in [0.25, 0.3) is 0 Å². The molecule has 0 heterocycles. The maximum absolute atomic E-state index is 10.3. The molecule has 134 valence electrons. The summed E-state index contributed by atoms with van der Waals surface area (Å²) in [5, 5.41) is 8.52. The summed E-state index contributed by atoms with van der Waals surface area (Å²) in [7, 11) is 0. The highest BCUT2D eigenvalue weighted by atomic mass is 16.4. The van der Waals surface area contributed by atoms with E-state index in [0.717, 1.165) is 19.4 Å². The van der Waals surface area contributed by atoms with Crippen LogP contribution in [0.5, 0.6) is 0 Å². The van der Waals surface area contributed by atoms with E-state index in [0.29, 0.717) is 6.42 Å². The fraction of sp³-hybridized carbons (Fsp3) is 0.944. The second-order valence-electron chi connectivity index (χ2n) is 6.24. The Morgan fingerprint density at radius 3 is 1.14 bits per heavy atom. The number of carboxylic acid groups (broad SMARTS) is 1. The first-order valence-electron chi connectivity index (χ1n) is 9.19. The molecular weight excluding hydrogens is 276 g/mol. The molecule has 6 N–H and O–H groups in total. The van der Waals surface area contributed by atoms with E-state index in [1.807, 2.05) is 0 Å². The van der Waals surface area contributed by atoms with Crippen molar-refractivity contribution in [2.45, 2.75) is 103 Å². The molecule has 0 amide bonds. The second-order valence-corrected chi connectivity index (χ2v) is 6.24. The van der Waals surface area contributed by atoms with E-state index in [1.54, 1.807) is 0 Å². The zero-order chi connectivity index (χ0) is 15.6. The Bertz CT molecular complexity index is 223. The van der Waals surface area contributed by atoms with Crippen molar-refractivity contribution in [2.24, 2.45) is 5.73 Å². The van der Waals surface area contributed by atoms with Crippen molar-refractivity contribution in [3.63, 3.8) is 0 Å². The van der Waals surface area contributed by atoms with Gasteiger partial charge in [0.25, 0.3) is 0 Å². The van der Waals surface area contributed by atoms with Crippen LogP contribution in [0, 0.1) is 0 Å². The molecule has 0 saturated carbocycles. The fourth-order valence-electron chi connectivity index (χ4n) is 2.72. The average Bonchev–Trinajstić information content (AvgIpc) is 2.46. The topological polar surface area (TPSA) is 98.3 Å². The van der Waals surface area contributed by atoms with E-state index in [2.05, 4.69) is 0 Å². The Balaban J connectivity index is 0. The molecule has 0 unspecified atom stereocenters. The van der Waals surface area contributed by atoms with E-state index in [9.17, 15) is 4.79 Å². The van der Waals surface area contributed by atoms with E-state index in [-0.39, 0.29) is 6.15 Å². The third-order valence-corrected chi connectivity index (χ3v) is 4.09. The maximum atomic E-state index is 10.3. The summed E-state index contributed by atoms with van der Waals surface area (Å²) in [6, 6.07) is 0. The quantitative estimate of drug-likeness (QED) is 0.311. The lowest BCUT2D eigenvalue weighted by atomic mass is 10.0. The predicted molar refractivity (Wildman–Crippen MR) is 95.6 cm³/mol. The van der Waals surface area contributed by atoms with Crippen LogP contribution in [0.2, 0.25) is 0 Å². The van der Waals surface area contributed by atoms with E-state index >= 15 is 0 Å². The highest BCUT2D eigenvalue weighted by Gasteiger charge is 1.97. The molecule has 0 bridgehead atoms. The van der Waals surface area contributed by atoms with Crippen molar-refractivity contribution in [1.29, 1.82) is 0 Å². The van der Waals surface area contributed by atoms with Gasteiger partial charge in [0.15, 0.2) is 0 Å². The first kappa shape index (κ1) is 23.7. The van der Waals surface area contributed by atoms with Gasteiger partial charge in [0, 0.05) is 6.42 Å². The van der Waals surface area contributed by atoms with E-state index in [4.69, 9.17) is 10.8 Å². The number of aliphatic carboxylic acids is 1. The van der Waals surface area contributed by atoms with Crippen molar-refractivity contribution in [3.8, 4) is 0 Å². The van der Waals surface area contributed by atoms with Crippen LogP contribution in [0.3, 0.4) is 0 Å². The summed E-state index contributed by atoms with van der Waals surface area (Å²) in [5.41, 5.74) is 5.47. The van der Waals surface area contributed by atoms with Crippen molar-refractivity contribution in [1.82, 2.24) is 6.15 Å². The molecule has 22 heavy (non-hydrogen) atoms. The molecule has 0 aromatic carbocycles. The number of hydrogen-bond acceptors (Lipinski definition) is 3. The molecule has 0 saturated heterocycles. The molecule has 0 spiro atoms. The molecule has 0 rings (SSSR count). The average molecular weight is 317 g/mol. The Labute approximate surface area is 137 Å². The number of unbranched alkanes of at least 4 members (excludes halogenated alkanes) is 14. The second kappa shape index (κ2) is 20.4. The summed E-state index contributed by atoms with van der Waals surface area (Å²) < 4.78 is 0. The van der Waals surface area contributed by atoms with Gasteiger partial charge in [-0.1, -0.05) is 83.5 Å². The molecule has 0 aliphatic heterocycles. The van der Waals surface area contributed by atoms with Crippen LogP contribution < -0.4 is 11.9 Å². The minimum Gasteiger partial charge on any atom is -0.481 e. The molecular formula is C18H40N2O2. The highest BCUT2D eigenvalue weighted by Crippen LogP contribution is 2.13. The summed E-state index contributed by atoms with van der Waals surface area (Å²) in [4.78, 5) is 10.3. The third-order valence-electron chi connectivity index (χ3n) is 4.09. The number of carboxylic acids is 1. The van der Waals surface area contributed by atoms with Gasteiger partial charge in [-0.25, -0.2) is 0 Å². The van der Waals surface area contributed by atoms with E-state index < -0.39 is 5.97 Å². The summed E-state index contributed by atoms with van der Waals surface area (Å²) in [6.45, 7) is 0.847. The van der Waals surface area contributed by atoms with Crippen LogP contribution in [0.1, 0.15) is 103 Å². The normalized spacial score (nSPS) is 10.4. The third kappa shape index (κ3) is 21.7. The smallest absolute Gasteiger partial charge is 0.303 e. The van der Waals surface area contributed by atoms with Crippen molar-refractivity contribution in [3.05, 3.63) is 0 Å². The van der Waals surface area contributed by atoms with Gasteiger partial charge in [0.2, 0.25) is 0 Å². The first-order valence-corrected chi connectivity index (χ1v) is 9.19. The summed E-state index contributed by atoms with van der Waals surface area (Å²) in [5.74, 6) is -0.658. The van der Waals surface area contributed by atoms with E-state index in [1.165, 1.54) is 83.5 Å². The van der Waals surface area contributed by atoms with Gasteiger partial charge in [-0.15, -0.1) is 0 Å². The van der Waals surface area contributed by atoms with Crippen LogP contribution in [-0.4, -0.2) is 17.6 Å². The molecule has 0 aromatic heterocycles. The Morgan fingerprint density at radius 1 is 0.591 bits per heavy atom. The Morgan fingerprint density at radius 2 is 0.864 bits per heavy atom. The number of rotatable bonds is 17. The lowest BCUT2D eigenvalue weighted by Crippen LogP contribution is -1.97. The zero-order valence-electron chi connectivity index (χ0n) is 14.7.